The highest BCUT2D eigenvalue weighted by Gasteiger charge is 2.22. The largest absolute Gasteiger partial charge is 0.378 e. The fraction of sp³-hybridized carbons (Fsp3) is 0.556. The number of rotatable bonds is 4. The Morgan fingerprint density at radius 3 is 2.73 bits per heavy atom. The van der Waals surface area contributed by atoms with E-state index in [-0.39, 0.29) is 0 Å². The SMILES string of the molecule is Cc1nccc(N2CCCC(Nc3ccnc(N4CCOCC4)n3)C2)n1. The van der Waals surface area contributed by atoms with Gasteiger partial charge in [0.25, 0.3) is 0 Å². The number of nitrogens with zero attached hydrogens (tertiary/aromatic N) is 6. The molecule has 0 amide bonds. The number of hydrogen-bond donors (Lipinski definition) is 1. The third kappa shape index (κ3) is 4.01. The average Bonchev–Trinajstić information content (AvgIpc) is 2.69. The van der Waals surface area contributed by atoms with Crippen LogP contribution in [-0.4, -0.2) is 65.4 Å². The molecular weight excluding hydrogens is 330 g/mol. The van der Waals surface area contributed by atoms with Crippen LogP contribution in [-0.2, 0) is 4.74 Å². The summed E-state index contributed by atoms with van der Waals surface area (Å²) in [6, 6.07) is 4.26. The van der Waals surface area contributed by atoms with Crippen molar-refractivity contribution in [3.05, 3.63) is 30.4 Å². The molecule has 2 saturated heterocycles. The summed E-state index contributed by atoms with van der Waals surface area (Å²) in [5, 5.41) is 3.58. The molecule has 2 aromatic heterocycles. The molecule has 1 N–H and O–H groups in total. The fourth-order valence-electron chi connectivity index (χ4n) is 3.48. The zero-order valence-electron chi connectivity index (χ0n) is 15.1. The minimum atomic E-state index is 0.339. The number of aromatic nitrogens is 4. The molecule has 0 saturated carbocycles. The summed E-state index contributed by atoms with van der Waals surface area (Å²) in [5.41, 5.74) is 0. The van der Waals surface area contributed by atoms with Crippen molar-refractivity contribution in [2.75, 3.05) is 54.5 Å². The second-order valence-corrected chi connectivity index (χ2v) is 6.73. The Balaban J connectivity index is 1.42. The van der Waals surface area contributed by atoms with Crippen LogP contribution in [0.25, 0.3) is 0 Å². The van der Waals surface area contributed by atoms with E-state index in [1.54, 1.807) is 0 Å². The van der Waals surface area contributed by atoms with Gasteiger partial charge in [0.15, 0.2) is 0 Å². The summed E-state index contributed by atoms with van der Waals surface area (Å²) in [7, 11) is 0. The van der Waals surface area contributed by atoms with Gasteiger partial charge in [0.2, 0.25) is 5.95 Å². The number of piperidine rings is 1. The number of nitrogens with one attached hydrogen (secondary N) is 1. The summed E-state index contributed by atoms with van der Waals surface area (Å²) < 4.78 is 5.41. The van der Waals surface area contributed by atoms with E-state index in [2.05, 4.69) is 30.1 Å². The molecule has 0 aliphatic carbocycles. The van der Waals surface area contributed by atoms with Crippen molar-refractivity contribution in [1.29, 1.82) is 0 Å². The maximum absolute atomic E-state index is 5.41. The van der Waals surface area contributed by atoms with Crippen LogP contribution in [0.1, 0.15) is 18.7 Å². The molecule has 8 nitrogen and oxygen atoms in total. The molecule has 2 aliphatic heterocycles. The maximum atomic E-state index is 5.41. The molecule has 4 heterocycles. The number of anilines is 3. The summed E-state index contributed by atoms with van der Waals surface area (Å²) >= 11 is 0. The van der Waals surface area contributed by atoms with Crippen molar-refractivity contribution in [3.8, 4) is 0 Å². The quantitative estimate of drug-likeness (QED) is 0.884. The van der Waals surface area contributed by atoms with Gasteiger partial charge in [-0.25, -0.2) is 15.0 Å². The first kappa shape index (κ1) is 17.0. The molecule has 1 atom stereocenters. The van der Waals surface area contributed by atoms with Crippen LogP contribution >= 0.6 is 0 Å². The molecule has 0 aromatic carbocycles. The minimum absolute atomic E-state index is 0.339. The number of hydrogen-bond acceptors (Lipinski definition) is 8. The van der Waals surface area contributed by atoms with Gasteiger partial charge in [-0.2, -0.15) is 4.98 Å². The van der Waals surface area contributed by atoms with Crippen LogP contribution in [0, 0.1) is 6.92 Å². The Hall–Kier alpha value is -2.48. The lowest BCUT2D eigenvalue weighted by atomic mass is 10.1. The van der Waals surface area contributed by atoms with Crippen LogP contribution in [0.15, 0.2) is 24.5 Å². The van der Waals surface area contributed by atoms with Gasteiger partial charge in [0, 0.05) is 44.6 Å². The molecule has 0 bridgehead atoms. The molecular formula is C18H25N7O. The van der Waals surface area contributed by atoms with E-state index >= 15 is 0 Å². The molecule has 0 radical (unpaired) electrons. The van der Waals surface area contributed by atoms with E-state index in [4.69, 9.17) is 9.72 Å². The van der Waals surface area contributed by atoms with E-state index in [1.165, 1.54) is 0 Å². The molecule has 4 rings (SSSR count). The molecule has 1 unspecified atom stereocenters. The first-order chi connectivity index (χ1) is 12.8. The Bertz CT molecular complexity index is 735. The van der Waals surface area contributed by atoms with E-state index in [1.807, 2.05) is 31.5 Å². The van der Waals surface area contributed by atoms with Gasteiger partial charge >= 0.3 is 0 Å². The topological polar surface area (TPSA) is 79.3 Å². The Morgan fingerprint density at radius 1 is 1.04 bits per heavy atom. The summed E-state index contributed by atoms with van der Waals surface area (Å²) in [6.45, 7) is 7.01. The zero-order valence-corrected chi connectivity index (χ0v) is 15.1. The molecule has 0 spiro atoms. The second kappa shape index (κ2) is 7.82. The van der Waals surface area contributed by atoms with E-state index in [0.29, 0.717) is 6.04 Å². The highest BCUT2D eigenvalue weighted by atomic mass is 16.5. The van der Waals surface area contributed by atoms with Gasteiger partial charge in [-0.1, -0.05) is 0 Å². The molecule has 2 aromatic rings. The monoisotopic (exact) mass is 355 g/mol. The minimum Gasteiger partial charge on any atom is -0.378 e. The van der Waals surface area contributed by atoms with Crippen LogP contribution < -0.4 is 15.1 Å². The highest BCUT2D eigenvalue weighted by Crippen LogP contribution is 2.20. The highest BCUT2D eigenvalue weighted by molar-refractivity contribution is 5.44. The number of aryl methyl sites for hydroxylation is 1. The summed E-state index contributed by atoms with van der Waals surface area (Å²) in [6.07, 6.45) is 5.90. The molecule has 8 heteroatoms. The lowest BCUT2D eigenvalue weighted by molar-refractivity contribution is 0.122. The maximum Gasteiger partial charge on any atom is 0.227 e. The van der Waals surface area contributed by atoms with Gasteiger partial charge in [-0.15, -0.1) is 0 Å². The summed E-state index contributed by atoms with van der Waals surface area (Å²) in [4.78, 5) is 22.4. The summed E-state index contributed by atoms with van der Waals surface area (Å²) in [5.74, 6) is 3.47. The normalized spacial score (nSPS) is 20.9. The van der Waals surface area contributed by atoms with Gasteiger partial charge in [0.05, 0.1) is 13.2 Å². The van der Waals surface area contributed by atoms with E-state index < -0.39 is 0 Å². The van der Waals surface area contributed by atoms with Crippen molar-refractivity contribution in [2.45, 2.75) is 25.8 Å². The van der Waals surface area contributed by atoms with Crippen LogP contribution in [0.4, 0.5) is 17.6 Å². The smallest absolute Gasteiger partial charge is 0.227 e. The van der Waals surface area contributed by atoms with Crippen molar-refractivity contribution >= 4 is 17.6 Å². The fourth-order valence-corrected chi connectivity index (χ4v) is 3.48. The number of morpholine rings is 1. The standard InChI is InChI=1S/C18H25N7O/c1-14-19-7-5-17(21-14)25-8-2-3-15(13-25)22-16-4-6-20-18(23-16)24-9-11-26-12-10-24/h4-7,15H,2-3,8-13H2,1H3,(H,20,22,23). The van der Waals surface area contributed by atoms with Crippen LogP contribution in [0.5, 0.6) is 0 Å². The van der Waals surface area contributed by atoms with Crippen molar-refractivity contribution in [2.24, 2.45) is 0 Å². The number of ether oxygens (including phenoxy) is 1. The predicted molar refractivity (Wildman–Crippen MR) is 101 cm³/mol. The van der Waals surface area contributed by atoms with Crippen molar-refractivity contribution < 1.29 is 4.74 Å². The van der Waals surface area contributed by atoms with E-state index in [9.17, 15) is 0 Å². The molecule has 138 valence electrons. The second-order valence-electron chi connectivity index (χ2n) is 6.73. The Kier molecular flexibility index (Phi) is 5.10. The predicted octanol–water partition coefficient (Wildman–Crippen LogP) is 1.49. The molecule has 2 fully saturated rings. The lowest BCUT2D eigenvalue weighted by Gasteiger charge is -2.34. The Morgan fingerprint density at radius 2 is 1.88 bits per heavy atom. The first-order valence-electron chi connectivity index (χ1n) is 9.25. The zero-order chi connectivity index (χ0) is 17.8. The van der Waals surface area contributed by atoms with Gasteiger partial charge < -0.3 is 19.9 Å². The van der Waals surface area contributed by atoms with Crippen molar-refractivity contribution in [3.63, 3.8) is 0 Å². The van der Waals surface area contributed by atoms with Crippen LogP contribution in [0.3, 0.4) is 0 Å². The third-order valence-electron chi connectivity index (χ3n) is 4.80. The van der Waals surface area contributed by atoms with Gasteiger partial charge in [0.1, 0.15) is 17.5 Å². The third-order valence-corrected chi connectivity index (χ3v) is 4.80. The molecule has 2 aliphatic rings. The average molecular weight is 355 g/mol. The van der Waals surface area contributed by atoms with Gasteiger partial charge in [-0.3, -0.25) is 0 Å². The first-order valence-corrected chi connectivity index (χ1v) is 9.25. The van der Waals surface area contributed by atoms with Gasteiger partial charge in [-0.05, 0) is 31.9 Å². The Labute approximate surface area is 153 Å². The lowest BCUT2D eigenvalue weighted by Crippen LogP contribution is -2.43. The van der Waals surface area contributed by atoms with Crippen LogP contribution in [0.2, 0.25) is 0 Å². The van der Waals surface area contributed by atoms with E-state index in [0.717, 1.165) is 75.6 Å². The van der Waals surface area contributed by atoms with Crippen molar-refractivity contribution in [1.82, 2.24) is 19.9 Å². The molecule has 26 heavy (non-hydrogen) atoms.